The zero-order chi connectivity index (χ0) is 28.6. The van der Waals surface area contributed by atoms with Crippen LogP contribution in [0.25, 0.3) is 22.3 Å². The largest absolute Gasteiger partial charge is 0.302 e. The molecule has 0 N–H and O–H groups in total. The van der Waals surface area contributed by atoms with Crippen LogP contribution in [0, 0.1) is 0 Å². The van der Waals surface area contributed by atoms with Crippen molar-refractivity contribution in [3.8, 4) is 11.3 Å². The zero-order valence-corrected chi connectivity index (χ0v) is 24.6. The summed E-state index contributed by atoms with van der Waals surface area (Å²) < 4.78 is 3.62. The number of fused-ring (bicyclic) bond motifs is 1. The molecule has 0 aliphatic heterocycles. The Hall–Kier alpha value is -3.65. The van der Waals surface area contributed by atoms with E-state index in [2.05, 4.69) is 61.1 Å². The first-order chi connectivity index (χ1) is 19.2. The van der Waals surface area contributed by atoms with E-state index in [0.717, 1.165) is 35.4 Å². The molecule has 3 aromatic heterocycles. The summed E-state index contributed by atoms with van der Waals surface area (Å²) in [6.45, 7) is 8.25. The van der Waals surface area contributed by atoms with E-state index < -0.39 is 0 Å². The van der Waals surface area contributed by atoms with Crippen LogP contribution in [-0.2, 0) is 24.8 Å². The summed E-state index contributed by atoms with van der Waals surface area (Å²) >= 11 is 0. The van der Waals surface area contributed by atoms with Gasteiger partial charge in [-0.15, -0.1) is 0 Å². The number of ketones is 2. The van der Waals surface area contributed by atoms with Gasteiger partial charge >= 0.3 is 0 Å². The van der Waals surface area contributed by atoms with Crippen LogP contribution in [0.15, 0.2) is 48.8 Å². The fourth-order valence-electron chi connectivity index (χ4n) is 4.99. The van der Waals surface area contributed by atoms with E-state index in [0.29, 0.717) is 43.3 Å². The van der Waals surface area contributed by atoms with Gasteiger partial charge in [0.1, 0.15) is 5.78 Å². The number of pyridine rings is 1. The molecule has 0 unspecified atom stereocenters. The molecule has 4 rings (SSSR count). The van der Waals surface area contributed by atoms with Crippen LogP contribution >= 0.6 is 0 Å². The number of aryl methyl sites for hydroxylation is 2. The molecule has 0 spiro atoms. The van der Waals surface area contributed by atoms with Crippen LogP contribution in [0.3, 0.4) is 0 Å². The van der Waals surface area contributed by atoms with Crippen molar-refractivity contribution in [1.82, 2.24) is 29.4 Å². The summed E-state index contributed by atoms with van der Waals surface area (Å²) in [5.74, 6) is 0.178. The van der Waals surface area contributed by atoms with Gasteiger partial charge in [-0.3, -0.25) is 14.3 Å². The molecule has 40 heavy (non-hydrogen) atoms. The molecule has 0 saturated heterocycles. The van der Waals surface area contributed by atoms with Gasteiger partial charge in [-0.05, 0) is 70.5 Å². The van der Waals surface area contributed by atoms with Crippen LogP contribution in [0.1, 0.15) is 87.0 Å². The maximum atomic E-state index is 13.5. The first kappa shape index (κ1) is 29.3. The second-order valence-electron chi connectivity index (χ2n) is 11.1. The molecule has 0 atom stereocenters. The average Bonchev–Trinajstić information content (AvgIpc) is 3.56. The Kier molecular flexibility index (Phi) is 9.98. The minimum absolute atomic E-state index is 0.0185. The van der Waals surface area contributed by atoms with Gasteiger partial charge in [0, 0.05) is 61.6 Å². The Morgan fingerprint density at radius 3 is 2.60 bits per heavy atom. The number of hydrogen-bond acceptors (Lipinski definition) is 6. The van der Waals surface area contributed by atoms with E-state index in [1.165, 1.54) is 18.4 Å². The number of Topliss-reactive ketones (excluding diaryl/α,β-unsaturated/α-hetero) is 2. The first-order valence-corrected chi connectivity index (χ1v) is 14.4. The summed E-state index contributed by atoms with van der Waals surface area (Å²) in [4.78, 5) is 33.3. The molecule has 4 aromatic rings. The molecule has 1 aromatic carbocycles. The van der Waals surface area contributed by atoms with Gasteiger partial charge in [0.2, 0.25) is 0 Å². The number of aromatic nitrogens is 5. The van der Waals surface area contributed by atoms with Crippen molar-refractivity contribution in [2.45, 2.75) is 78.3 Å². The lowest BCUT2D eigenvalue weighted by Crippen LogP contribution is -2.18. The molecule has 0 radical (unpaired) electrons. The van der Waals surface area contributed by atoms with Gasteiger partial charge in [0.25, 0.3) is 0 Å². The molecule has 0 aliphatic carbocycles. The summed E-state index contributed by atoms with van der Waals surface area (Å²) in [7, 11) is 4.02. The van der Waals surface area contributed by atoms with E-state index in [4.69, 9.17) is 4.98 Å². The van der Waals surface area contributed by atoms with Crippen molar-refractivity contribution in [1.29, 1.82) is 0 Å². The number of unbranched alkanes of at least 4 members (excludes halogenated alkanes) is 1. The summed E-state index contributed by atoms with van der Waals surface area (Å²) in [5.41, 5.74) is 5.22. The summed E-state index contributed by atoms with van der Waals surface area (Å²) in [6, 6.07) is 12.4. The quantitative estimate of drug-likeness (QED) is 0.166. The molecule has 8 heteroatoms. The maximum Gasteiger partial charge on any atom is 0.163 e. The summed E-state index contributed by atoms with van der Waals surface area (Å²) in [6.07, 6.45) is 8.27. The van der Waals surface area contributed by atoms with Crippen molar-refractivity contribution in [2.75, 3.05) is 13.6 Å². The molecular weight excluding hydrogens is 500 g/mol. The monoisotopic (exact) mass is 542 g/mol. The molecule has 0 saturated carbocycles. The maximum absolute atomic E-state index is 13.5. The predicted octanol–water partition coefficient (Wildman–Crippen LogP) is 6.20. The normalized spacial score (nSPS) is 11.7. The minimum Gasteiger partial charge on any atom is -0.302 e. The highest BCUT2D eigenvalue weighted by atomic mass is 16.1. The van der Waals surface area contributed by atoms with E-state index in [1.54, 1.807) is 10.9 Å². The number of benzene rings is 1. The SMILES string of the molecule is CCCCN(C)Cc1cccc(-c2cc(C(=O)CCCC(=O)CCc3ccn(C)n3)c3cnn(C(C)C)c3n2)c1. The highest BCUT2D eigenvalue weighted by Crippen LogP contribution is 2.28. The number of nitrogens with zero attached hydrogens (tertiary/aromatic N) is 6. The fourth-order valence-corrected chi connectivity index (χ4v) is 4.99. The molecular formula is C32H42N6O2. The second-order valence-corrected chi connectivity index (χ2v) is 11.1. The molecule has 0 aliphatic rings. The third-order valence-corrected chi connectivity index (χ3v) is 7.21. The lowest BCUT2D eigenvalue weighted by molar-refractivity contribution is -0.119. The smallest absolute Gasteiger partial charge is 0.163 e. The van der Waals surface area contributed by atoms with Crippen LogP contribution in [0.4, 0.5) is 0 Å². The predicted molar refractivity (Wildman–Crippen MR) is 159 cm³/mol. The van der Waals surface area contributed by atoms with Crippen LogP contribution in [0.5, 0.6) is 0 Å². The Bertz CT molecular complexity index is 1450. The number of rotatable bonds is 15. The third-order valence-electron chi connectivity index (χ3n) is 7.21. The van der Waals surface area contributed by atoms with Crippen molar-refractivity contribution < 1.29 is 9.59 Å². The number of hydrogen-bond donors (Lipinski definition) is 0. The topological polar surface area (TPSA) is 85.9 Å². The Morgan fingerprint density at radius 1 is 1.05 bits per heavy atom. The van der Waals surface area contributed by atoms with Gasteiger partial charge in [0.05, 0.1) is 17.6 Å². The zero-order valence-electron chi connectivity index (χ0n) is 24.6. The molecule has 3 heterocycles. The van der Waals surface area contributed by atoms with Crippen LogP contribution < -0.4 is 0 Å². The highest BCUT2D eigenvalue weighted by Gasteiger charge is 2.19. The van der Waals surface area contributed by atoms with E-state index >= 15 is 0 Å². The lowest BCUT2D eigenvalue weighted by Gasteiger charge is -2.17. The Morgan fingerprint density at radius 2 is 1.88 bits per heavy atom. The standard InChI is InChI=1S/C32H42N6O2/c1-6-7-17-36(4)22-24-10-8-11-25(19-24)30-20-28(29-21-33-38(23(2)3)32(29)34-30)31(40)13-9-12-27(39)15-14-26-16-18-37(5)35-26/h8,10-11,16,18-21,23H,6-7,9,12-15,17,22H2,1-5H3. The minimum atomic E-state index is 0.0185. The summed E-state index contributed by atoms with van der Waals surface area (Å²) in [5, 5.41) is 9.65. The van der Waals surface area contributed by atoms with Gasteiger partial charge in [-0.1, -0.05) is 31.5 Å². The highest BCUT2D eigenvalue weighted by molar-refractivity contribution is 6.07. The van der Waals surface area contributed by atoms with E-state index in [9.17, 15) is 9.59 Å². The van der Waals surface area contributed by atoms with E-state index in [1.807, 2.05) is 36.1 Å². The lowest BCUT2D eigenvalue weighted by atomic mass is 9.99. The van der Waals surface area contributed by atoms with Crippen LogP contribution in [0.2, 0.25) is 0 Å². The third kappa shape index (κ3) is 7.50. The molecule has 0 amide bonds. The first-order valence-electron chi connectivity index (χ1n) is 14.4. The van der Waals surface area contributed by atoms with Crippen molar-refractivity contribution in [2.24, 2.45) is 7.05 Å². The second kappa shape index (κ2) is 13.6. The Balaban J connectivity index is 1.51. The van der Waals surface area contributed by atoms with Crippen molar-refractivity contribution >= 4 is 22.6 Å². The Labute approximate surface area is 237 Å². The van der Waals surface area contributed by atoms with Gasteiger partial charge in [-0.2, -0.15) is 10.2 Å². The molecule has 212 valence electrons. The van der Waals surface area contributed by atoms with E-state index in [-0.39, 0.29) is 17.6 Å². The van der Waals surface area contributed by atoms with Crippen molar-refractivity contribution in [3.05, 3.63) is 65.6 Å². The fraction of sp³-hybridized carbons (Fsp3) is 0.469. The van der Waals surface area contributed by atoms with Gasteiger partial charge < -0.3 is 4.90 Å². The average molecular weight is 543 g/mol. The number of carbonyl (C=O) groups excluding carboxylic acids is 2. The van der Waals surface area contributed by atoms with Gasteiger partial charge in [-0.25, -0.2) is 9.67 Å². The molecule has 0 bridgehead atoms. The van der Waals surface area contributed by atoms with Crippen LogP contribution in [-0.4, -0.2) is 54.6 Å². The number of carbonyl (C=O) groups is 2. The molecule has 8 nitrogen and oxygen atoms in total. The van der Waals surface area contributed by atoms with Crippen molar-refractivity contribution in [3.63, 3.8) is 0 Å². The van der Waals surface area contributed by atoms with Gasteiger partial charge in [0.15, 0.2) is 11.4 Å². The molecule has 0 fully saturated rings.